The van der Waals surface area contributed by atoms with Gasteiger partial charge in [-0.2, -0.15) is 10.1 Å². The van der Waals surface area contributed by atoms with E-state index in [-0.39, 0.29) is 28.7 Å². The topological polar surface area (TPSA) is 149 Å². The normalized spacial score (nSPS) is 17.2. The van der Waals surface area contributed by atoms with Crippen molar-refractivity contribution in [2.24, 2.45) is 7.05 Å². The minimum atomic E-state index is -4.01. The summed E-state index contributed by atoms with van der Waals surface area (Å²) < 4.78 is 41.7. The number of ether oxygens (including phenoxy) is 2. The highest BCUT2D eigenvalue weighted by Gasteiger charge is 2.32. The van der Waals surface area contributed by atoms with E-state index < -0.39 is 21.7 Å². The first kappa shape index (κ1) is 31.9. The van der Waals surface area contributed by atoms with Crippen LogP contribution in [0.1, 0.15) is 44.7 Å². The summed E-state index contributed by atoms with van der Waals surface area (Å²) in [5, 5.41) is 3.95. The first-order valence-electron chi connectivity index (χ1n) is 14.8. The Balaban J connectivity index is 1.32. The van der Waals surface area contributed by atoms with Gasteiger partial charge < -0.3 is 19.3 Å². The molecule has 45 heavy (non-hydrogen) atoms. The number of aromatic nitrogens is 4. The van der Waals surface area contributed by atoms with Gasteiger partial charge in [-0.05, 0) is 52.2 Å². The number of rotatable bonds is 7. The fourth-order valence-electron chi connectivity index (χ4n) is 5.33. The van der Waals surface area contributed by atoms with Crippen molar-refractivity contribution < 1.29 is 27.5 Å². The molecule has 3 aromatic rings. The van der Waals surface area contributed by atoms with Crippen LogP contribution in [-0.2, 0) is 26.6 Å². The quantitative estimate of drug-likeness (QED) is 0.408. The van der Waals surface area contributed by atoms with Gasteiger partial charge in [-0.1, -0.05) is 24.3 Å². The van der Waals surface area contributed by atoms with Gasteiger partial charge in [0.2, 0.25) is 17.7 Å². The predicted molar refractivity (Wildman–Crippen MR) is 167 cm³/mol. The summed E-state index contributed by atoms with van der Waals surface area (Å²) in [6.45, 7) is 10.9. The van der Waals surface area contributed by atoms with Crippen molar-refractivity contribution in [2.75, 3.05) is 30.9 Å². The summed E-state index contributed by atoms with van der Waals surface area (Å²) >= 11 is 0. The van der Waals surface area contributed by atoms with Crippen LogP contribution in [0.5, 0.6) is 5.88 Å². The molecule has 0 aliphatic carbocycles. The Hall–Kier alpha value is -4.46. The number of nitrogens with zero attached hydrogens (tertiary/aromatic N) is 6. The van der Waals surface area contributed by atoms with Crippen molar-refractivity contribution in [3.8, 4) is 17.1 Å². The Morgan fingerprint density at radius 1 is 1.07 bits per heavy atom. The molecule has 5 rings (SSSR count). The van der Waals surface area contributed by atoms with Gasteiger partial charge in [-0.3, -0.25) is 9.48 Å². The molecule has 13 nitrogen and oxygen atoms in total. The molecule has 1 aromatic carbocycles. The molecular formula is C31H39N7O6S. The van der Waals surface area contributed by atoms with E-state index in [4.69, 9.17) is 9.47 Å². The standard InChI is InChI=1S/C31H39N7O6S/c1-20-8-7-9-21(2)27(20)25-16-26(34-29(33-25)35-45(41,42)24-17-32-36(6)19-24)43-23-12-15-38(18-23)28(39)22-10-13-37(14-11-22)30(40)44-31(3,4)5/h7-10,16-17,19,23H,11-15,18H2,1-6H3,(H,33,34,35). The number of aryl methyl sites for hydroxylation is 3. The number of hydrogen-bond acceptors (Lipinski definition) is 9. The summed E-state index contributed by atoms with van der Waals surface area (Å²) in [5.74, 6) is -0.0358. The Morgan fingerprint density at radius 2 is 1.80 bits per heavy atom. The van der Waals surface area contributed by atoms with Crippen LogP contribution in [0.15, 0.2) is 53.2 Å². The molecule has 1 saturated heterocycles. The maximum Gasteiger partial charge on any atom is 0.410 e. The number of benzene rings is 1. The molecular weight excluding hydrogens is 598 g/mol. The average Bonchev–Trinajstić information content (AvgIpc) is 3.61. The molecule has 0 radical (unpaired) electrons. The molecule has 0 spiro atoms. The molecule has 0 saturated carbocycles. The first-order valence-corrected chi connectivity index (χ1v) is 16.3. The summed E-state index contributed by atoms with van der Waals surface area (Å²) in [4.78, 5) is 38.0. The van der Waals surface area contributed by atoms with Crippen molar-refractivity contribution in [1.82, 2.24) is 29.5 Å². The number of amides is 2. The predicted octanol–water partition coefficient (Wildman–Crippen LogP) is 3.84. The van der Waals surface area contributed by atoms with Crippen molar-refractivity contribution in [2.45, 2.75) is 64.1 Å². The van der Waals surface area contributed by atoms with E-state index in [9.17, 15) is 18.0 Å². The number of anilines is 1. The van der Waals surface area contributed by atoms with Crippen LogP contribution < -0.4 is 9.46 Å². The second-order valence-electron chi connectivity index (χ2n) is 12.3. The van der Waals surface area contributed by atoms with E-state index >= 15 is 0 Å². The van der Waals surface area contributed by atoms with Crippen LogP contribution in [0.4, 0.5) is 10.7 Å². The number of carbonyl (C=O) groups excluding carboxylic acids is 2. The number of nitrogens with one attached hydrogen (secondary N) is 1. The largest absolute Gasteiger partial charge is 0.472 e. The molecule has 1 fully saturated rings. The number of sulfonamides is 1. The van der Waals surface area contributed by atoms with Gasteiger partial charge >= 0.3 is 6.09 Å². The van der Waals surface area contributed by atoms with E-state index in [1.165, 1.54) is 17.1 Å². The SMILES string of the molecule is Cc1cccc(C)c1-c1cc(OC2CCN(C(=O)C3=CCN(C(=O)OC(C)(C)C)CC3)C2)nc(NS(=O)(=O)c2cnn(C)c2)n1. The second-order valence-corrected chi connectivity index (χ2v) is 14.0. The smallest absolute Gasteiger partial charge is 0.410 e. The fourth-order valence-corrected chi connectivity index (χ4v) is 6.26. The van der Waals surface area contributed by atoms with Gasteiger partial charge in [0.1, 0.15) is 16.6 Å². The van der Waals surface area contributed by atoms with Crippen LogP contribution in [0.3, 0.4) is 0 Å². The third-order valence-corrected chi connectivity index (χ3v) is 8.79. The highest BCUT2D eigenvalue weighted by Crippen LogP contribution is 2.30. The van der Waals surface area contributed by atoms with Crippen molar-refractivity contribution >= 4 is 28.0 Å². The van der Waals surface area contributed by atoms with Crippen molar-refractivity contribution in [3.63, 3.8) is 0 Å². The lowest BCUT2D eigenvalue weighted by molar-refractivity contribution is -0.126. The molecule has 4 heterocycles. The van der Waals surface area contributed by atoms with Crippen LogP contribution in [-0.4, -0.2) is 87.9 Å². The van der Waals surface area contributed by atoms with Gasteiger partial charge in [0, 0.05) is 56.5 Å². The van der Waals surface area contributed by atoms with E-state index in [2.05, 4.69) is 19.8 Å². The third kappa shape index (κ3) is 7.62. The lowest BCUT2D eigenvalue weighted by Crippen LogP contribution is -2.41. The van der Waals surface area contributed by atoms with E-state index in [0.717, 1.165) is 16.7 Å². The monoisotopic (exact) mass is 637 g/mol. The second kappa shape index (κ2) is 12.5. The van der Waals surface area contributed by atoms with E-state index in [1.54, 1.807) is 29.0 Å². The summed E-state index contributed by atoms with van der Waals surface area (Å²) in [5.41, 5.74) is 3.34. The third-order valence-electron chi connectivity index (χ3n) is 7.51. The minimum Gasteiger partial charge on any atom is -0.472 e. The lowest BCUT2D eigenvalue weighted by atomic mass is 10.00. The Kier molecular flexibility index (Phi) is 8.88. The first-order chi connectivity index (χ1) is 21.2. The molecule has 240 valence electrons. The zero-order valence-corrected chi connectivity index (χ0v) is 27.2. The van der Waals surface area contributed by atoms with Crippen LogP contribution >= 0.6 is 0 Å². The molecule has 0 bridgehead atoms. The number of carbonyl (C=O) groups is 2. The van der Waals surface area contributed by atoms with Crippen molar-refractivity contribution in [1.29, 1.82) is 0 Å². The number of hydrogen-bond donors (Lipinski definition) is 1. The summed E-state index contributed by atoms with van der Waals surface area (Å²) in [6.07, 6.45) is 4.67. The molecule has 1 N–H and O–H groups in total. The summed E-state index contributed by atoms with van der Waals surface area (Å²) in [6, 6.07) is 7.55. The lowest BCUT2D eigenvalue weighted by Gasteiger charge is -2.30. The van der Waals surface area contributed by atoms with Gasteiger partial charge in [-0.25, -0.2) is 22.9 Å². The zero-order valence-electron chi connectivity index (χ0n) is 26.4. The molecule has 1 atom stereocenters. The molecule has 1 unspecified atom stereocenters. The van der Waals surface area contributed by atoms with Crippen LogP contribution in [0.25, 0.3) is 11.3 Å². The molecule has 14 heteroatoms. The average molecular weight is 638 g/mol. The van der Waals surface area contributed by atoms with Crippen molar-refractivity contribution in [3.05, 3.63) is 59.4 Å². The van der Waals surface area contributed by atoms with E-state index in [0.29, 0.717) is 50.3 Å². The maximum absolute atomic E-state index is 13.3. The van der Waals surface area contributed by atoms with Gasteiger partial charge in [-0.15, -0.1) is 0 Å². The maximum atomic E-state index is 13.3. The molecule has 2 amide bonds. The molecule has 2 aliphatic heterocycles. The minimum absolute atomic E-state index is 0.0234. The Labute approximate surface area is 263 Å². The zero-order chi connectivity index (χ0) is 32.5. The Bertz CT molecular complexity index is 1720. The molecule has 2 aliphatic rings. The van der Waals surface area contributed by atoms with Crippen LogP contribution in [0, 0.1) is 13.8 Å². The summed E-state index contributed by atoms with van der Waals surface area (Å²) in [7, 11) is -2.38. The highest BCUT2D eigenvalue weighted by molar-refractivity contribution is 7.92. The fraction of sp³-hybridized carbons (Fsp3) is 0.452. The Morgan fingerprint density at radius 3 is 2.42 bits per heavy atom. The van der Waals surface area contributed by atoms with Gasteiger partial charge in [0.25, 0.3) is 10.0 Å². The highest BCUT2D eigenvalue weighted by atomic mass is 32.2. The van der Waals surface area contributed by atoms with E-state index in [1.807, 2.05) is 52.8 Å². The number of likely N-dealkylation sites (tertiary alicyclic amines) is 1. The van der Waals surface area contributed by atoms with Crippen LogP contribution in [0.2, 0.25) is 0 Å². The molecule has 2 aromatic heterocycles. The van der Waals surface area contributed by atoms with Gasteiger partial charge in [0.05, 0.1) is 18.4 Å². The van der Waals surface area contributed by atoms with Gasteiger partial charge in [0.15, 0.2) is 0 Å².